The van der Waals surface area contributed by atoms with E-state index in [9.17, 15) is 0 Å². The van der Waals surface area contributed by atoms with Crippen molar-refractivity contribution in [2.24, 2.45) is 0 Å². The van der Waals surface area contributed by atoms with Crippen LogP contribution >= 0.6 is 0 Å². The molecule has 0 fully saturated rings. The number of aromatic nitrogens is 1. The van der Waals surface area contributed by atoms with Crippen molar-refractivity contribution < 1.29 is 9.47 Å². The van der Waals surface area contributed by atoms with Gasteiger partial charge in [-0.25, -0.2) is 0 Å². The molecule has 1 heterocycles. The largest absolute Gasteiger partial charge is 0.489 e. The second kappa shape index (κ2) is 14.3. The Balaban J connectivity index is 1.73. The summed E-state index contributed by atoms with van der Waals surface area (Å²) in [6, 6.07) is 24.7. The van der Waals surface area contributed by atoms with Gasteiger partial charge in [0.15, 0.2) is 0 Å². The highest BCUT2D eigenvalue weighted by molar-refractivity contribution is 5.48. The van der Waals surface area contributed by atoms with E-state index in [2.05, 4.69) is 56.0 Å². The van der Waals surface area contributed by atoms with Gasteiger partial charge in [-0.3, -0.25) is 0 Å². The van der Waals surface area contributed by atoms with Crippen molar-refractivity contribution >= 4 is 5.82 Å². The SMILES string of the molecule is CCCCCCCCN(c1cc(OCc2ccccc2)cc(OCc2ccccc2)n1)C(C)C. The third-order valence-electron chi connectivity index (χ3n) is 5.91. The number of rotatable bonds is 15. The summed E-state index contributed by atoms with van der Waals surface area (Å²) in [6.45, 7) is 8.69. The van der Waals surface area contributed by atoms with Crippen LogP contribution in [-0.4, -0.2) is 17.6 Å². The van der Waals surface area contributed by atoms with E-state index in [0.29, 0.717) is 25.1 Å². The van der Waals surface area contributed by atoms with E-state index < -0.39 is 0 Å². The number of hydrogen-bond acceptors (Lipinski definition) is 4. The van der Waals surface area contributed by atoms with Crippen LogP contribution in [0.4, 0.5) is 5.82 Å². The molecule has 0 bridgehead atoms. The van der Waals surface area contributed by atoms with E-state index in [0.717, 1.165) is 29.2 Å². The Bertz CT molecular complexity index is 883. The molecule has 4 nitrogen and oxygen atoms in total. The molecule has 34 heavy (non-hydrogen) atoms. The van der Waals surface area contributed by atoms with Gasteiger partial charge in [0.1, 0.15) is 24.8 Å². The Labute approximate surface area is 205 Å². The molecule has 0 saturated carbocycles. The first-order valence-corrected chi connectivity index (χ1v) is 12.8. The minimum absolute atomic E-state index is 0.342. The highest BCUT2D eigenvalue weighted by atomic mass is 16.5. The molecule has 0 unspecified atom stereocenters. The fourth-order valence-electron chi connectivity index (χ4n) is 3.94. The van der Waals surface area contributed by atoms with Gasteiger partial charge in [-0.2, -0.15) is 4.98 Å². The van der Waals surface area contributed by atoms with Crippen LogP contribution < -0.4 is 14.4 Å². The highest BCUT2D eigenvalue weighted by Crippen LogP contribution is 2.28. The van der Waals surface area contributed by atoms with E-state index in [-0.39, 0.29) is 0 Å². The van der Waals surface area contributed by atoms with Gasteiger partial charge >= 0.3 is 0 Å². The maximum Gasteiger partial charge on any atom is 0.219 e. The second-order valence-corrected chi connectivity index (χ2v) is 9.10. The first kappa shape index (κ1) is 25.6. The van der Waals surface area contributed by atoms with Crippen molar-refractivity contribution in [1.82, 2.24) is 4.98 Å². The minimum Gasteiger partial charge on any atom is -0.489 e. The fraction of sp³-hybridized carbons (Fsp3) is 0.433. The number of hydrogen-bond donors (Lipinski definition) is 0. The third-order valence-corrected chi connectivity index (χ3v) is 5.91. The summed E-state index contributed by atoms with van der Waals surface area (Å²) in [6.07, 6.45) is 7.67. The molecule has 1 aromatic heterocycles. The molecule has 3 rings (SSSR count). The molecule has 0 amide bonds. The van der Waals surface area contributed by atoms with Crippen LogP contribution in [0.5, 0.6) is 11.6 Å². The smallest absolute Gasteiger partial charge is 0.219 e. The van der Waals surface area contributed by atoms with Crippen molar-refractivity contribution in [3.8, 4) is 11.6 Å². The lowest BCUT2D eigenvalue weighted by Crippen LogP contribution is -2.32. The molecule has 0 saturated heterocycles. The monoisotopic (exact) mass is 460 g/mol. The molecule has 0 spiro atoms. The maximum atomic E-state index is 6.18. The van der Waals surface area contributed by atoms with Gasteiger partial charge in [0.25, 0.3) is 0 Å². The first-order valence-electron chi connectivity index (χ1n) is 12.8. The van der Waals surface area contributed by atoms with Gasteiger partial charge in [0.05, 0.1) is 0 Å². The summed E-state index contributed by atoms with van der Waals surface area (Å²) in [7, 11) is 0. The fourth-order valence-corrected chi connectivity index (χ4v) is 3.94. The van der Waals surface area contributed by atoms with Gasteiger partial charge in [0, 0.05) is 24.7 Å². The topological polar surface area (TPSA) is 34.6 Å². The van der Waals surface area contributed by atoms with E-state index in [1.807, 2.05) is 42.5 Å². The molecule has 4 heteroatoms. The predicted octanol–water partition coefficient (Wildman–Crippen LogP) is 7.81. The van der Waals surface area contributed by atoms with Crippen LogP contribution in [0.3, 0.4) is 0 Å². The average Bonchev–Trinajstić information content (AvgIpc) is 2.87. The van der Waals surface area contributed by atoms with Crippen molar-refractivity contribution in [3.63, 3.8) is 0 Å². The van der Waals surface area contributed by atoms with Crippen LogP contribution in [0.2, 0.25) is 0 Å². The van der Waals surface area contributed by atoms with E-state index in [4.69, 9.17) is 14.5 Å². The maximum absolute atomic E-state index is 6.18. The van der Waals surface area contributed by atoms with E-state index in [1.165, 1.54) is 38.5 Å². The molecule has 3 aromatic rings. The number of anilines is 1. The van der Waals surface area contributed by atoms with Crippen LogP contribution in [0.25, 0.3) is 0 Å². The molecule has 182 valence electrons. The van der Waals surface area contributed by atoms with Crippen molar-refractivity contribution in [2.75, 3.05) is 11.4 Å². The zero-order chi connectivity index (χ0) is 24.0. The standard InChI is InChI=1S/C30H40N2O2/c1-4-5-6-7-8-15-20-32(25(2)3)29-21-28(33-23-26-16-11-9-12-17-26)22-30(31-29)34-24-27-18-13-10-14-19-27/h9-14,16-19,21-22,25H,4-8,15,20,23-24H2,1-3H3. The molecular formula is C30H40N2O2. The molecule has 0 aliphatic heterocycles. The van der Waals surface area contributed by atoms with Crippen LogP contribution in [-0.2, 0) is 13.2 Å². The highest BCUT2D eigenvalue weighted by Gasteiger charge is 2.15. The quantitative estimate of drug-likeness (QED) is 0.217. The lowest BCUT2D eigenvalue weighted by molar-refractivity contribution is 0.281. The van der Waals surface area contributed by atoms with Crippen molar-refractivity contribution in [1.29, 1.82) is 0 Å². The molecule has 0 aliphatic rings. The average molecular weight is 461 g/mol. The Morgan fingerprint density at radius 1 is 0.735 bits per heavy atom. The zero-order valence-corrected chi connectivity index (χ0v) is 21.1. The molecule has 2 aromatic carbocycles. The first-order chi connectivity index (χ1) is 16.7. The lowest BCUT2D eigenvalue weighted by Gasteiger charge is -2.28. The normalized spacial score (nSPS) is 10.9. The van der Waals surface area contributed by atoms with Crippen LogP contribution in [0.15, 0.2) is 72.8 Å². The zero-order valence-electron chi connectivity index (χ0n) is 21.1. The Morgan fingerprint density at radius 2 is 1.32 bits per heavy atom. The summed E-state index contributed by atoms with van der Waals surface area (Å²) >= 11 is 0. The summed E-state index contributed by atoms with van der Waals surface area (Å²) in [4.78, 5) is 7.24. The van der Waals surface area contributed by atoms with Crippen molar-refractivity contribution in [3.05, 3.63) is 83.9 Å². The van der Waals surface area contributed by atoms with Crippen LogP contribution in [0, 0.1) is 0 Å². The van der Waals surface area contributed by atoms with Gasteiger partial charge < -0.3 is 14.4 Å². The second-order valence-electron chi connectivity index (χ2n) is 9.10. The number of unbranched alkanes of at least 4 members (excludes halogenated alkanes) is 5. The molecule has 0 aliphatic carbocycles. The van der Waals surface area contributed by atoms with Crippen molar-refractivity contribution in [2.45, 2.75) is 78.6 Å². The number of ether oxygens (including phenoxy) is 2. The Hall–Kier alpha value is -3.01. The summed E-state index contributed by atoms with van der Waals surface area (Å²) in [5.41, 5.74) is 2.26. The number of nitrogens with zero attached hydrogens (tertiary/aromatic N) is 2. The molecule has 0 atom stereocenters. The van der Waals surface area contributed by atoms with Gasteiger partial charge in [-0.1, -0.05) is 99.7 Å². The summed E-state index contributed by atoms with van der Waals surface area (Å²) in [5.74, 6) is 2.29. The number of pyridine rings is 1. The van der Waals surface area contributed by atoms with E-state index >= 15 is 0 Å². The molecule has 0 N–H and O–H groups in total. The summed E-state index contributed by atoms with van der Waals surface area (Å²) < 4.78 is 12.3. The lowest BCUT2D eigenvalue weighted by atomic mass is 10.1. The Kier molecular flexibility index (Phi) is 10.8. The summed E-state index contributed by atoms with van der Waals surface area (Å²) in [5, 5.41) is 0. The molecule has 0 radical (unpaired) electrons. The van der Waals surface area contributed by atoms with Gasteiger partial charge in [-0.05, 0) is 31.4 Å². The third kappa shape index (κ3) is 8.74. The van der Waals surface area contributed by atoms with Gasteiger partial charge in [0.2, 0.25) is 5.88 Å². The van der Waals surface area contributed by atoms with Gasteiger partial charge in [-0.15, -0.1) is 0 Å². The predicted molar refractivity (Wildman–Crippen MR) is 142 cm³/mol. The van der Waals surface area contributed by atoms with Crippen LogP contribution in [0.1, 0.15) is 70.4 Å². The number of benzene rings is 2. The Morgan fingerprint density at radius 3 is 1.94 bits per heavy atom. The minimum atomic E-state index is 0.342. The molecular weight excluding hydrogens is 420 g/mol. The van der Waals surface area contributed by atoms with E-state index in [1.54, 1.807) is 0 Å².